The first-order valence-electron chi connectivity index (χ1n) is 10.2. The Morgan fingerprint density at radius 3 is 2.55 bits per heavy atom. The topological polar surface area (TPSA) is 70.4 Å². The SMILES string of the molecule is CSc1nc(=O)n([C@H]2CC[C@@H](COC(=O)c3ccccc3)O2)cc1Cc1ccccc1. The zero-order valence-corrected chi connectivity index (χ0v) is 18.1. The van der Waals surface area contributed by atoms with Crippen LogP contribution in [0.1, 0.15) is 40.6 Å². The predicted octanol–water partition coefficient (Wildman–Crippen LogP) is 4.09. The van der Waals surface area contributed by atoms with Gasteiger partial charge >= 0.3 is 11.7 Å². The maximum absolute atomic E-state index is 12.6. The van der Waals surface area contributed by atoms with Gasteiger partial charge in [-0.3, -0.25) is 4.57 Å². The highest BCUT2D eigenvalue weighted by atomic mass is 32.2. The van der Waals surface area contributed by atoms with Crippen molar-refractivity contribution in [3.8, 4) is 0 Å². The molecular weight excluding hydrogens is 412 g/mol. The van der Waals surface area contributed by atoms with Gasteiger partial charge in [-0.15, -0.1) is 11.8 Å². The highest BCUT2D eigenvalue weighted by Crippen LogP contribution is 2.29. The van der Waals surface area contributed by atoms with E-state index < -0.39 is 6.23 Å². The number of hydrogen-bond acceptors (Lipinski definition) is 6. The number of thioether (sulfide) groups is 1. The maximum atomic E-state index is 12.6. The molecule has 0 amide bonds. The molecule has 1 aliphatic heterocycles. The van der Waals surface area contributed by atoms with Crippen LogP contribution in [-0.4, -0.2) is 34.5 Å². The van der Waals surface area contributed by atoms with Crippen LogP contribution in [0.2, 0.25) is 0 Å². The van der Waals surface area contributed by atoms with E-state index in [1.165, 1.54) is 11.8 Å². The van der Waals surface area contributed by atoms with E-state index in [9.17, 15) is 9.59 Å². The van der Waals surface area contributed by atoms with Crippen LogP contribution >= 0.6 is 11.8 Å². The van der Waals surface area contributed by atoms with Gasteiger partial charge in [-0.1, -0.05) is 48.5 Å². The number of esters is 1. The molecule has 0 bridgehead atoms. The summed E-state index contributed by atoms with van der Waals surface area (Å²) in [5.41, 5.74) is 2.33. The lowest BCUT2D eigenvalue weighted by Crippen LogP contribution is -2.29. The molecule has 31 heavy (non-hydrogen) atoms. The minimum absolute atomic E-state index is 0.159. The van der Waals surface area contributed by atoms with Crippen molar-refractivity contribution in [1.29, 1.82) is 0 Å². The molecule has 0 aliphatic carbocycles. The van der Waals surface area contributed by atoms with Crippen LogP contribution in [0.4, 0.5) is 0 Å². The van der Waals surface area contributed by atoms with Crippen molar-refractivity contribution in [3.63, 3.8) is 0 Å². The van der Waals surface area contributed by atoms with Gasteiger partial charge in [0.2, 0.25) is 0 Å². The number of benzene rings is 2. The van der Waals surface area contributed by atoms with Gasteiger partial charge in [-0.05, 0) is 36.8 Å². The van der Waals surface area contributed by atoms with Crippen molar-refractivity contribution in [2.75, 3.05) is 12.9 Å². The highest BCUT2D eigenvalue weighted by molar-refractivity contribution is 7.98. The van der Waals surface area contributed by atoms with Crippen molar-refractivity contribution in [1.82, 2.24) is 9.55 Å². The fraction of sp³-hybridized carbons (Fsp3) is 0.292. The van der Waals surface area contributed by atoms with Gasteiger partial charge in [-0.2, -0.15) is 4.98 Å². The molecule has 0 unspecified atom stereocenters. The summed E-state index contributed by atoms with van der Waals surface area (Å²) in [6.07, 6.45) is 5.18. The maximum Gasteiger partial charge on any atom is 0.350 e. The molecule has 2 heterocycles. The molecule has 7 heteroatoms. The van der Waals surface area contributed by atoms with Crippen molar-refractivity contribution < 1.29 is 14.3 Å². The third-order valence-electron chi connectivity index (χ3n) is 5.22. The van der Waals surface area contributed by atoms with E-state index in [-0.39, 0.29) is 24.4 Å². The summed E-state index contributed by atoms with van der Waals surface area (Å²) in [6, 6.07) is 19.0. The molecule has 1 fully saturated rings. The number of carbonyl (C=O) groups is 1. The van der Waals surface area contributed by atoms with Crippen LogP contribution < -0.4 is 5.69 Å². The molecule has 4 rings (SSSR count). The lowest BCUT2D eigenvalue weighted by Gasteiger charge is -2.18. The van der Waals surface area contributed by atoms with Crippen LogP contribution in [0.5, 0.6) is 0 Å². The molecule has 160 valence electrons. The molecule has 0 N–H and O–H groups in total. The van der Waals surface area contributed by atoms with Gasteiger partial charge in [-0.25, -0.2) is 9.59 Å². The summed E-state index contributed by atoms with van der Waals surface area (Å²) in [4.78, 5) is 29.0. The number of ether oxygens (including phenoxy) is 2. The fourth-order valence-electron chi connectivity index (χ4n) is 3.65. The Labute approximate surface area is 185 Å². The minimum Gasteiger partial charge on any atom is -0.459 e. The second kappa shape index (κ2) is 9.94. The molecular formula is C24H24N2O4S. The van der Waals surface area contributed by atoms with Gasteiger partial charge in [0.05, 0.1) is 11.7 Å². The average molecular weight is 437 g/mol. The smallest absolute Gasteiger partial charge is 0.350 e. The summed E-state index contributed by atoms with van der Waals surface area (Å²) in [6.45, 7) is 0.159. The lowest BCUT2D eigenvalue weighted by molar-refractivity contribution is -0.0341. The standard InChI is InChI=1S/C24H24N2O4S/c1-31-22-19(14-17-8-4-2-5-9-17)15-26(24(28)25-22)21-13-12-20(30-21)16-29-23(27)18-10-6-3-7-11-18/h2-11,15,20-21H,12-14,16H2,1H3/t20-,21+/m0/s1. The molecule has 0 saturated carbocycles. The summed E-state index contributed by atoms with van der Waals surface area (Å²) in [5.74, 6) is -0.374. The second-order valence-corrected chi connectivity index (χ2v) is 8.18. The van der Waals surface area contributed by atoms with E-state index in [4.69, 9.17) is 9.47 Å². The largest absolute Gasteiger partial charge is 0.459 e. The summed E-state index contributed by atoms with van der Waals surface area (Å²) in [5, 5.41) is 0.733. The first kappa shape index (κ1) is 21.3. The summed E-state index contributed by atoms with van der Waals surface area (Å²) in [7, 11) is 0. The van der Waals surface area contributed by atoms with Gasteiger partial charge in [0.1, 0.15) is 17.9 Å². The first-order valence-corrected chi connectivity index (χ1v) is 11.4. The molecule has 2 atom stereocenters. The Balaban J connectivity index is 1.44. The minimum atomic E-state index is -0.411. The number of nitrogens with zero attached hydrogens (tertiary/aromatic N) is 2. The third-order valence-corrected chi connectivity index (χ3v) is 5.96. The second-order valence-electron chi connectivity index (χ2n) is 7.38. The Hall–Kier alpha value is -2.90. The van der Waals surface area contributed by atoms with Crippen molar-refractivity contribution in [2.24, 2.45) is 0 Å². The zero-order chi connectivity index (χ0) is 21.6. The van der Waals surface area contributed by atoms with E-state index in [0.29, 0.717) is 24.8 Å². The Morgan fingerprint density at radius 1 is 1.13 bits per heavy atom. The third kappa shape index (κ3) is 5.24. The lowest BCUT2D eigenvalue weighted by atomic mass is 10.1. The van der Waals surface area contributed by atoms with Crippen LogP contribution in [0.15, 0.2) is 76.7 Å². The van der Waals surface area contributed by atoms with Gasteiger partial charge in [0.15, 0.2) is 0 Å². The molecule has 0 spiro atoms. The van der Waals surface area contributed by atoms with Crippen molar-refractivity contribution in [2.45, 2.75) is 36.6 Å². The van der Waals surface area contributed by atoms with E-state index >= 15 is 0 Å². The quantitative estimate of drug-likeness (QED) is 0.316. The zero-order valence-electron chi connectivity index (χ0n) is 17.3. The van der Waals surface area contributed by atoms with E-state index in [1.807, 2.05) is 36.7 Å². The molecule has 2 aromatic carbocycles. The van der Waals surface area contributed by atoms with Crippen LogP contribution in [0, 0.1) is 0 Å². The predicted molar refractivity (Wildman–Crippen MR) is 119 cm³/mol. The number of aromatic nitrogens is 2. The molecule has 1 aromatic heterocycles. The Morgan fingerprint density at radius 2 is 1.84 bits per heavy atom. The van der Waals surface area contributed by atoms with Crippen molar-refractivity contribution >= 4 is 17.7 Å². The van der Waals surface area contributed by atoms with Gasteiger partial charge < -0.3 is 9.47 Å². The van der Waals surface area contributed by atoms with E-state index in [1.54, 1.807) is 28.8 Å². The number of carbonyl (C=O) groups excluding carboxylic acids is 1. The molecule has 1 saturated heterocycles. The van der Waals surface area contributed by atoms with Gasteiger partial charge in [0.25, 0.3) is 0 Å². The van der Waals surface area contributed by atoms with E-state index in [0.717, 1.165) is 16.2 Å². The van der Waals surface area contributed by atoms with E-state index in [2.05, 4.69) is 17.1 Å². The molecule has 3 aromatic rings. The van der Waals surface area contributed by atoms with Crippen LogP contribution in [0.25, 0.3) is 0 Å². The Bertz CT molecular complexity index is 1090. The molecule has 6 nitrogen and oxygen atoms in total. The summed E-state index contributed by atoms with van der Waals surface area (Å²) < 4.78 is 13.0. The fourth-order valence-corrected chi connectivity index (χ4v) is 4.21. The molecule has 0 radical (unpaired) electrons. The normalized spacial score (nSPS) is 18.1. The molecule has 1 aliphatic rings. The van der Waals surface area contributed by atoms with Crippen LogP contribution in [-0.2, 0) is 15.9 Å². The van der Waals surface area contributed by atoms with Gasteiger partial charge in [0, 0.05) is 18.2 Å². The van der Waals surface area contributed by atoms with Crippen LogP contribution in [0.3, 0.4) is 0 Å². The monoisotopic (exact) mass is 436 g/mol. The number of hydrogen-bond donors (Lipinski definition) is 0. The Kier molecular flexibility index (Phi) is 6.84. The van der Waals surface area contributed by atoms with Crippen molar-refractivity contribution in [3.05, 3.63) is 94.0 Å². The average Bonchev–Trinajstić information content (AvgIpc) is 3.28. The number of rotatable bonds is 7. The first-order chi connectivity index (χ1) is 15.1. The summed E-state index contributed by atoms with van der Waals surface area (Å²) >= 11 is 1.47. The highest BCUT2D eigenvalue weighted by Gasteiger charge is 2.29.